The van der Waals surface area contributed by atoms with Gasteiger partial charge in [-0.15, -0.1) is 0 Å². The summed E-state index contributed by atoms with van der Waals surface area (Å²) in [4.78, 5) is 11.9. The molecule has 0 unspecified atom stereocenters. The van der Waals surface area contributed by atoms with Gasteiger partial charge in [0.2, 0.25) is 10.0 Å². The molecule has 0 saturated carbocycles. The number of benzene rings is 2. The Morgan fingerprint density at radius 1 is 1.07 bits per heavy atom. The third-order valence-electron chi connectivity index (χ3n) is 4.30. The van der Waals surface area contributed by atoms with Gasteiger partial charge >= 0.3 is 0 Å². The van der Waals surface area contributed by atoms with E-state index in [1.807, 2.05) is 0 Å². The Morgan fingerprint density at radius 2 is 1.78 bits per heavy atom. The summed E-state index contributed by atoms with van der Waals surface area (Å²) < 4.78 is 32.4. The van der Waals surface area contributed by atoms with Crippen LogP contribution in [0.15, 0.2) is 41.3 Å². The van der Waals surface area contributed by atoms with E-state index in [2.05, 4.69) is 0 Å². The molecule has 1 amide bonds. The Labute approximate surface area is 167 Å². The Balaban J connectivity index is 1.85. The Kier molecular flexibility index (Phi) is 5.95. The smallest absolute Gasteiger partial charge is 0.252 e. The van der Waals surface area contributed by atoms with Crippen molar-refractivity contribution in [1.82, 2.24) is 4.31 Å². The van der Waals surface area contributed by atoms with Crippen LogP contribution >= 0.6 is 23.2 Å². The van der Waals surface area contributed by atoms with Crippen LogP contribution in [-0.2, 0) is 16.6 Å². The van der Waals surface area contributed by atoms with Crippen LogP contribution in [0.2, 0.25) is 10.0 Å². The molecule has 6 nitrogen and oxygen atoms in total. The summed E-state index contributed by atoms with van der Waals surface area (Å²) in [6.07, 6.45) is 1.65. The summed E-state index contributed by atoms with van der Waals surface area (Å²) in [6, 6.07) is 9.17. The lowest BCUT2D eigenvalue weighted by molar-refractivity contribution is 0.0995. The monoisotopic (exact) mass is 428 g/mol. The molecule has 9 heteroatoms. The SMILES string of the molecule is NC(=O)c1cc(S(=O)(=O)N2CCCC2)ccc1OCc1ccc(Cl)c(Cl)c1. The number of nitrogens with zero attached hydrogens (tertiary/aromatic N) is 1. The van der Waals surface area contributed by atoms with Crippen LogP contribution in [0.4, 0.5) is 0 Å². The van der Waals surface area contributed by atoms with Gasteiger partial charge in [0, 0.05) is 13.1 Å². The Morgan fingerprint density at radius 3 is 2.41 bits per heavy atom. The zero-order chi connectivity index (χ0) is 19.6. The van der Waals surface area contributed by atoms with E-state index in [1.165, 1.54) is 22.5 Å². The van der Waals surface area contributed by atoms with E-state index in [9.17, 15) is 13.2 Å². The van der Waals surface area contributed by atoms with Crippen molar-refractivity contribution in [3.05, 3.63) is 57.6 Å². The van der Waals surface area contributed by atoms with E-state index in [0.717, 1.165) is 18.4 Å². The van der Waals surface area contributed by atoms with Gasteiger partial charge in [0.15, 0.2) is 0 Å². The lowest BCUT2D eigenvalue weighted by Crippen LogP contribution is -2.28. The highest BCUT2D eigenvalue weighted by Gasteiger charge is 2.28. The predicted octanol–water partition coefficient (Wildman–Crippen LogP) is 3.46. The van der Waals surface area contributed by atoms with E-state index in [1.54, 1.807) is 18.2 Å². The molecule has 1 aliphatic rings. The van der Waals surface area contributed by atoms with Crippen molar-refractivity contribution in [2.24, 2.45) is 5.73 Å². The topological polar surface area (TPSA) is 89.7 Å². The maximum atomic E-state index is 12.7. The van der Waals surface area contributed by atoms with Gasteiger partial charge in [-0.1, -0.05) is 29.3 Å². The van der Waals surface area contributed by atoms with Crippen molar-refractivity contribution in [3.8, 4) is 5.75 Å². The number of carbonyl (C=O) groups excluding carboxylic acids is 1. The normalized spacial score (nSPS) is 15.0. The minimum atomic E-state index is -3.65. The third kappa shape index (κ3) is 4.38. The summed E-state index contributed by atoms with van der Waals surface area (Å²) in [7, 11) is -3.65. The van der Waals surface area contributed by atoms with E-state index in [0.29, 0.717) is 23.1 Å². The first-order valence-corrected chi connectivity index (χ1v) is 10.5. The molecule has 3 rings (SSSR count). The van der Waals surface area contributed by atoms with Gasteiger partial charge in [-0.2, -0.15) is 4.31 Å². The van der Waals surface area contributed by atoms with Gasteiger partial charge in [0.25, 0.3) is 5.91 Å². The number of rotatable bonds is 6. The molecule has 1 aliphatic heterocycles. The third-order valence-corrected chi connectivity index (χ3v) is 6.93. The van der Waals surface area contributed by atoms with Crippen molar-refractivity contribution < 1.29 is 17.9 Å². The molecule has 144 valence electrons. The van der Waals surface area contributed by atoms with Gasteiger partial charge in [0.05, 0.1) is 20.5 Å². The number of hydrogen-bond acceptors (Lipinski definition) is 4. The fourth-order valence-electron chi connectivity index (χ4n) is 2.86. The quantitative estimate of drug-likeness (QED) is 0.762. The van der Waals surface area contributed by atoms with Crippen LogP contribution in [0, 0.1) is 0 Å². The molecule has 1 fully saturated rings. The van der Waals surface area contributed by atoms with Crippen LogP contribution in [-0.4, -0.2) is 31.7 Å². The highest BCUT2D eigenvalue weighted by Crippen LogP contribution is 2.28. The molecule has 27 heavy (non-hydrogen) atoms. The summed E-state index contributed by atoms with van der Waals surface area (Å²) >= 11 is 11.9. The van der Waals surface area contributed by atoms with Crippen LogP contribution in [0.5, 0.6) is 5.75 Å². The number of ether oxygens (including phenoxy) is 1. The highest BCUT2D eigenvalue weighted by molar-refractivity contribution is 7.89. The standard InChI is InChI=1S/C18H18Cl2N2O4S/c19-15-5-3-12(9-16(15)20)11-26-17-6-4-13(10-14(17)18(21)23)27(24,25)22-7-1-2-8-22/h3-6,9-10H,1-2,7-8,11H2,(H2,21,23). The van der Waals surface area contributed by atoms with E-state index in [-0.39, 0.29) is 22.8 Å². The highest BCUT2D eigenvalue weighted by atomic mass is 35.5. The minimum Gasteiger partial charge on any atom is -0.488 e. The minimum absolute atomic E-state index is 0.00957. The van der Waals surface area contributed by atoms with Gasteiger partial charge in [-0.3, -0.25) is 4.79 Å². The summed E-state index contributed by atoms with van der Waals surface area (Å²) in [5.41, 5.74) is 6.18. The first-order chi connectivity index (χ1) is 12.8. The second kappa shape index (κ2) is 8.06. The summed E-state index contributed by atoms with van der Waals surface area (Å²) in [5.74, 6) is -0.563. The molecule has 2 aromatic carbocycles. The largest absolute Gasteiger partial charge is 0.488 e. The second-order valence-electron chi connectivity index (χ2n) is 6.17. The Bertz CT molecular complexity index is 973. The average Bonchev–Trinajstić information content (AvgIpc) is 3.18. The van der Waals surface area contributed by atoms with Crippen molar-refractivity contribution in [2.75, 3.05) is 13.1 Å². The van der Waals surface area contributed by atoms with Crippen molar-refractivity contribution in [1.29, 1.82) is 0 Å². The molecular weight excluding hydrogens is 411 g/mol. The molecule has 0 spiro atoms. The number of nitrogens with two attached hydrogens (primary N) is 1. The first-order valence-electron chi connectivity index (χ1n) is 8.30. The number of amides is 1. The predicted molar refractivity (Wildman–Crippen MR) is 104 cm³/mol. The lowest BCUT2D eigenvalue weighted by Gasteiger charge is -2.17. The van der Waals surface area contributed by atoms with E-state index in [4.69, 9.17) is 33.7 Å². The lowest BCUT2D eigenvalue weighted by atomic mass is 10.2. The van der Waals surface area contributed by atoms with Crippen molar-refractivity contribution >= 4 is 39.1 Å². The number of primary amides is 1. The second-order valence-corrected chi connectivity index (χ2v) is 8.92. The van der Waals surface area contributed by atoms with Crippen LogP contribution in [0.25, 0.3) is 0 Å². The maximum absolute atomic E-state index is 12.7. The molecule has 2 aromatic rings. The molecule has 0 atom stereocenters. The summed E-state index contributed by atoms with van der Waals surface area (Å²) in [6.45, 7) is 1.07. The van der Waals surface area contributed by atoms with Crippen molar-refractivity contribution in [2.45, 2.75) is 24.3 Å². The summed E-state index contributed by atoms with van der Waals surface area (Å²) in [5, 5.41) is 0.814. The van der Waals surface area contributed by atoms with E-state index < -0.39 is 15.9 Å². The molecule has 0 aliphatic carbocycles. The van der Waals surface area contributed by atoms with Gasteiger partial charge < -0.3 is 10.5 Å². The maximum Gasteiger partial charge on any atom is 0.252 e. The number of sulfonamides is 1. The van der Waals surface area contributed by atoms with Crippen LogP contribution < -0.4 is 10.5 Å². The molecule has 0 radical (unpaired) electrons. The fraction of sp³-hybridized carbons (Fsp3) is 0.278. The van der Waals surface area contributed by atoms with Gasteiger partial charge in [0.1, 0.15) is 12.4 Å². The molecule has 1 saturated heterocycles. The number of hydrogen-bond donors (Lipinski definition) is 1. The number of carbonyl (C=O) groups is 1. The van der Waals surface area contributed by atoms with Crippen molar-refractivity contribution in [3.63, 3.8) is 0 Å². The van der Waals surface area contributed by atoms with Gasteiger partial charge in [-0.05, 0) is 48.7 Å². The van der Waals surface area contributed by atoms with Gasteiger partial charge in [-0.25, -0.2) is 8.42 Å². The van der Waals surface area contributed by atoms with E-state index >= 15 is 0 Å². The average molecular weight is 429 g/mol. The fourth-order valence-corrected chi connectivity index (χ4v) is 4.72. The first kappa shape index (κ1) is 19.9. The molecule has 2 N–H and O–H groups in total. The molecule has 1 heterocycles. The van der Waals surface area contributed by atoms with Crippen LogP contribution in [0.1, 0.15) is 28.8 Å². The molecular formula is C18H18Cl2N2O4S. The molecule has 0 bridgehead atoms. The van der Waals surface area contributed by atoms with Crippen LogP contribution in [0.3, 0.4) is 0 Å². The zero-order valence-electron chi connectivity index (χ0n) is 14.3. The zero-order valence-corrected chi connectivity index (χ0v) is 16.6. The Hall–Kier alpha value is -1.80. The number of halogens is 2. The molecule has 0 aromatic heterocycles.